The SMILES string of the molecule is C[C@@H](C(=O)NCc1cccs1)[C@H]1Sc2ccccc2N(Cc2ccc(F)cc2)C1=O. The fourth-order valence-electron chi connectivity index (χ4n) is 3.38. The van der Waals surface area contributed by atoms with E-state index >= 15 is 0 Å². The number of rotatable bonds is 6. The number of fused-ring (bicyclic) bond motifs is 1. The van der Waals surface area contributed by atoms with Gasteiger partial charge in [0.15, 0.2) is 0 Å². The molecule has 1 aliphatic heterocycles. The number of carbonyl (C=O) groups is 2. The quantitative estimate of drug-likeness (QED) is 0.596. The fourth-order valence-corrected chi connectivity index (χ4v) is 5.31. The van der Waals surface area contributed by atoms with E-state index in [1.54, 1.807) is 35.3 Å². The first-order chi connectivity index (χ1) is 14.5. The number of nitrogens with one attached hydrogen (secondary N) is 1. The van der Waals surface area contributed by atoms with Crippen molar-refractivity contribution in [3.63, 3.8) is 0 Å². The molecule has 1 N–H and O–H groups in total. The molecule has 0 radical (unpaired) electrons. The smallest absolute Gasteiger partial charge is 0.241 e. The van der Waals surface area contributed by atoms with Gasteiger partial charge in [0.25, 0.3) is 0 Å². The summed E-state index contributed by atoms with van der Waals surface area (Å²) in [5, 5.41) is 4.39. The number of halogens is 1. The standard InChI is InChI=1S/C23H21FN2O2S2/c1-15(22(27)25-13-18-5-4-12-29-18)21-23(28)26(14-16-8-10-17(24)11-9-16)19-6-2-3-7-20(19)30-21/h2-12,15,21H,13-14H2,1H3,(H,25,27)/t15-,21-/m1/s1. The van der Waals surface area contributed by atoms with E-state index < -0.39 is 11.2 Å². The van der Waals surface area contributed by atoms with Gasteiger partial charge in [0, 0.05) is 9.77 Å². The molecule has 0 fully saturated rings. The van der Waals surface area contributed by atoms with Gasteiger partial charge >= 0.3 is 0 Å². The number of hydrogen-bond acceptors (Lipinski definition) is 4. The molecule has 2 atom stereocenters. The van der Waals surface area contributed by atoms with Crippen LogP contribution in [0, 0.1) is 11.7 Å². The number of para-hydroxylation sites is 1. The molecule has 2 amide bonds. The zero-order valence-corrected chi connectivity index (χ0v) is 18.0. The highest BCUT2D eigenvalue weighted by atomic mass is 32.2. The fraction of sp³-hybridized carbons (Fsp3) is 0.217. The van der Waals surface area contributed by atoms with E-state index in [1.807, 2.05) is 41.8 Å². The third kappa shape index (κ3) is 4.42. The summed E-state index contributed by atoms with van der Waals surface area (Å²) in [6, 6.07) is 17.7. The van der Waals surface area contributed by atoms with Crippen molar-refractivity contribution in [1.82, 2.24) is 5.32 Å². The Balaban J connectivity index is 1.54. The summed E-state index contributed by atoms with van der Waals surface area (Å²) in [7, 11) is 0. The maximum absolute atomic E-state index is 13.4. The van der Waals surface area contributed by atoms with Crippen molar-refractivity contribution in [3.05, 3.63) is 82.3 Å². The Hall–Kier alpha value is -2.64. The normalized spacial score (nSPS) is 16.8. The van der Waals surface area contributed by atoms with Gasteiger partial charge in [-0.1, -0.05) is 37.3 Å². The topological polar surface area (TPSA) is 49.4 Å². The Bertz CT molecular complexity index is 1040. The number of nitrogens with zero attached hydrogens (tertiary/aromatic N) is 1. The van der Waals surface area contributed by atoms with Gasteiger partial charge < -0.3 is 10.2 Å². The average Bonchev–Trinajstić information content (AvgIpc) is 3.28. The first kappa shape index (κ1) is 20.6. The molecule has 3 aromatic rings. The van der Waals surface area contributed by atoms with Gasteiger partial charge in [-0.3, -0.25) is 9.59 Å². The largest absolute Gasteiger partial charge is 0.351 e. The van der Waals surface area contributed by atoms with Crippen molar-refractivity contribution >= 4 is 40.6 Å². The first-order valence-corrected chi connectivity index (χ1v) is 11.4. The molecular weight excluding hydrogens is 419 g/mol. The molecule has 0 saturated heterocycles. The third-order valence-electron chi connectivity index (χ3n) is 5.06. The number of carbonyl (C=O) groups excluding carboxylic acids is 2. The van der Waals surface area contributed by atoms with Crippen LogP contribution in [-0.4, -0.2) is 17.1 Å². The molecule has 154 valence electrons. The Morgan fingerprint density at radius 2 is 1.90 bits per heavy atom. The molecule has 0 unspecified atom stereocenters. The van der Waals surface area contributed by atoms with Crippen LogP contribution >= 0.6 is 23.1 Å². The van der Waals surface area contributed by atoms with Gasteiger partial charge in [0.05, 0.1) is 24.7 Å². The van der Waals surface area contributed by atoms with Gasteiger partial charge in [-0.05, 0) is 41.3 Å². The lowest BCUT2D eigenvalue weighted by atomic mass is 10.0. The van der Waals surface area contributed by atoms with Gasteiger partial charge in [0.2, 0.25) is 11.8 Å². The van der Waals surface area contributed by atoms with E-state index in [0.29, 0.717) is 13.1 Å². The molecule has 0 saturated carbocycles. The van der Waals surface area contributed by atoms with Gasteiger partial charge in [-0.2, -0.15) is 0 Å². The molecule has 2 aromatic carbocycles. The molecule has 4 rings (SSSR count). The minimum atomic E-state index is -0.524. The van der Waals surface area contributed by atoms with Crippen LogP contribution in [-0.2, 0) is 22.7 Å². The molecule has 7 heteroatoms. The van der Waals surface area contributed by atoms with Crippen molar-refractivity contribution in [2.45, 2.75) is 30.2 Å². The minimum Gasteiger partial charge on any atom is -0.351 e. The van der Waals surface area contributed by atoms with Gasteiger partial charge in [-0.25, -0.2) is 4.39 Å². The van der Waals surface area contributed by atoms with Crippen molar-refractivity contribution in [2.24, 2.45) is 5.92 Å². The molecule has 2 heterocycles. The predicted molar refractivity (Wildman–Crippen MR) is 119 cm³/mol. The van der Waals surface area contributed by atoms with Crippen molar-refractivity contribution in [1.29, 1.82) is 0 Å². The van der Waals surface area contributed by atoms with Crippen LogP contribution in [0.5, 0.6) is 0 Å². The summed E-state index contributed by atoms with van der Waals surface area (Å²) in [5.74, 6) is -1.06. The summed E-state index contributed by atoms with van der Waals surface area (Å²) in [5.41, 5.74) is 1.65. The van der Waals surface area contributed by atoms with E-state index in [9.17, 15) is 14.0 Å². The van der Waals surface area contributed by atoms with E-state index in [0.717, 1.165) is 21.0 Å². The van der Waals surface area contributed by atoms with Gasteiger partial charge in [-0.15, -0.1) is 23.1 Å². The lowest BCUT2D eigenvalue weighted by molar-refractivity contribution is -0.128. The second kappa shape index (κ2) is 9.02. The monoisotopic (exact) mass is 440 g/mol. The number of anilines is 1. The van der Waals surface area contributed by atoms with E-state index in [4.69, 9.17) is 0 Å². The first-order valence-electron chi connectivity index (χ1n) is 9.64. The third-order valence-corrected chi connectivity index (χ3v) is 7.40. The van der Waals surface area contributed by atoms with Crippen LogP contribution in [0.2, 0.25) is 0 Å². The van der Waals surface area contributed by atoms with Crippen LogP contribution < -0.4 is 10.2 Å². The number of benzene rings is 2. The average molecular weight is 441 g/mol. The second-order valence-corrected chi connectivity index (χ2v) is 9.36. The van der Waals surface area contributed by atoms with Crippen LogP contribution in [0.1, 0.15) is 17.4 Å². The molecule has 0 aliphatic carbocycles. The van der Waals surface area contributed by atoms with Crippen LogP contribution in [0.15, 0.2) is 70.9 Å². The van der Waals surface area contributed by atoms with E-state index in [-0.39, 0.29) is 17.6 Å². The molecule has 4 nitrogen and oxygen atoms in total. The summed E-state index contributed by atoms with van der Waals surface area (Å²) < 4.78 is 13.3. The molecule has 1 aliphatic rings. The molecule has 30 heavy (non-hydrogen) atoms. The second-order valence-electron chi connectivity index (χ2n) is 7.14. The highest BCUT2D eigenvalue weighted by molar-refractivity contribution is 8.01. The predicted octanol–water partition coefficient (Wildman–Crippen LogP) is 4.85. The van der Waals surface area contributed by atoms with Crippen molar-refractivity contribution in [2.75, 3.05) is 4.90 Å². The Kier molecular flexibility index (Phi) is 6.20. The summed E-state index contributed by atoms with van der Waals surface area (Å²) in [4.78, 5) is 29.9. The van der Waals surface area contributed by atoms with Crippen LogP contribution in [0.25, 0.3) is 0 Å². The van der Waals surface area contributed by atoms with Crippen molar-refractivity contribution < 1.29 is 14.0 Å². The number of thioether (sulfide) groups is 1. The summed E-state index contributed by atoms with van der Waals surface area (Å²) in [6.07, 6.45) is 0. The lowest BCUT2D eigenvalue weighted by Crippen LogP contribution is -2.47. The molecule has 0 bridgehead atoms. The molecular formula is C23H21FN2O2S2. The highest BCUT2D eigenvalue weighted by Crippen LogP contribution is 2.42. The van der Waals surface area contributed by atoms with Crippen molar-refractivity contribution in [3.8, 4) is 0 Å². The maximum atomic E-state index is 13.4. The van der Waals surface area contributed by atoms with Gasteiger partial charge in [0.1, 0.15) is 11.1 Å². The molecule has 1 aromatic heterocycles. The van der Waals surface area contributed by atoms with E-state index in [1.165, 1.54) is 23.9 Å². The summed E-state index contributed by atoms with van der Waals surface area (Å²) in [6.45, 7) is 2.59. The summed E-state index contributed by atoms with van der Waals surface area (Å²) >= 11 is 3.02. The Morgan fingerprint density at radius 3 is 2.63 bits per heavy atom. The highest BCUT2D eigenvalue weighted by Gasteiger charge is 2.39. The Morgan fingerprint density at radius 1 is 1.13 bits per heavy atom. The zero-order valence-electron chi connectivity index (χ0n) is 16.4. The van der Waals surface area contributed by atoms with E-state index in [2.05, 4.69) is 5.32 Å². The zero-order chi connectivity index (χ0) is 21.1. The number of amides is 2. The Labute approximate surface area is 183 Å². The minimum absolute atomic E-state index is 0.109. The maximum Gasteiger partial charge on any atom is 0.241 e. The lowest BCUT2D eigenvalue weighted by Gasteiger charge is -2.35. The van der Waals surface area contributed by atoms with Crippen LogP contribution in [0.4, 0.5) is 10.1 Å². The number of thiophene rings is 1. The number of hydrogen-bond donors (Lipinski definition) is 1. The van der Waals surface area contributed by atoms with Crippen LogP contribution in [0.3, 0.4) is 0 Å². The molecule has 0 spiro atoms.